The summed E-state index contributed by atoms with van der Waals surface area (Å²) in [4.78, 5) is 2.43. The molecule has 1 unspecified atom stereocenters. The van der Waals surface area contributed by atoms with Crippen LogP contribution in [0.4, 0.5) is 17.1 Å². The minimum absolute atomic E-state index is 0.178. The van der Waals surface area contributed by atoms with Gasteiger partial charge in [0.1, 0.15) is 11.5 Å². The monoisotopic (exact) mass is 805 g/mol. The number of benzene rings is 9. The van der Waals surface area contributed by atoms with E-state index in [-0.39, 0.29) is 11.3 Å². The Morgan fingerprint density at radius 2 is 1.03 bits per heavy atom. The van der Waals surface area contributed by atoms with Crippen molar-refractivity contribution < 1.29 is 4.74 Å². The summed E-state index contributed by atoms with van der Waals surface area (Å²) in [5, 5.41) is 2.65. The van der Waals surface area contributed by atoms with Crippen molar-refractivity contribution in [3.8, 4) is 61.4 Å². The molecule has 3 aliphatic carbocycles. The van der Waals surface area contributed by atoms with E-state index >= 15 is 0 Å². The lowest BCUT2D eigenvalue weighted by Crippen LogP contribution is -2.16. The van der Waals surface area contributed by atoms with Gasteiger partial charge in [0.15, 0.2) is 0 Å². The quantitative estimate of drug-likeness (QED) is 0.166. The summed E-state index contributed by atoms with van der Waals surface area (Å²) in [6.07, 6.45) is 5.33. The van der Waals surface area contributed by atoms with Gasteiger partial charge in [-0.15, -0.1) is 0 Å². The van der Waals surface area contributed by atoms with Crippen molar-refractivity contribution in [3.63, 3.8) is 0 Å². The Hall–Kier alpha value is -7.68. The molecule has 0 fully saturated rings. The lowest BCUT2D eigenvalue weighted by molar-refractivity contribution is 0.426. The molecule has 13 rings (SSSR count). The molecule has 9 aromatic rings. The maximum atomic E-state index is 6.23. The van der Waals surface area contributed by atoms with Gasteiger partial charge in [0.25, 0.3) is 0 Å². The highest BCUT2D eigenvalue weighted by Crippen LogP contribution is 2.53. The number of para-hydroxylation sites is 1. The molecule has 1 aliphatic heterocycles. The first kappa shape index (κ1) is 36.0. The third-order valence-electron chi connectivity index (χ3n) is 14.2. The Morgan fingerprint density at radius 3 is 1.81 bits per heavy atom. The van der Waals surface area contributed by atoms with Crippen LogP contribution in [0.1, 0.15) is 48.4 Å². The van der Waals surface area contributed by atoms with E-state index in [0.717, 1.165) is 35.0 Å². The van der Waals surface area contributed by atoms with E-state index in [1.54, 1.807) is 0 Å². The Labute approximate surface area is 368 Å². The number of allylic oxidation sites excluding steroid dienone is 4. The molecule has 298 valence electrons. The average molecular weight is 806 g/mol. The average Bonchev–Trinajstić information content (AvgIpc) is 3.95. The predicted octanol–water partition coefficient (Wildman–Crippen LogP) is 16.4. The van der Waals surface area contributed by atoms with Gasteiger partial charge in [-0.05, 0) is 150 Å². The number of fused-ring (bicyclic) bond motifs is 9. The van der Waals surface area contributed by atoms with E-state index < -0.39 is 0 Å². The molecule has 2 nitrogen and oxygen atoms in total. The van der Waals surface area contributed by atoms with Crippen LogP contribution < -0.4 is 9.64 Å². The minimum atomic E-state index is -0.178. The highest BCUT2D eigenvalue weighted by atomic mass is 16.5. The van der Waals surface area contributed by atoms with Gasteiger partial charge in [0.05, 0.1) is 0 Å². The Kier molecular flexibility index (Phi) is 7.81. The van der Waals surface area contributed by atoms with Gasteiger partial charge in [-0.3, -0.25) is 0 Å². The van der Waals surface area contributed by atoms with E-state index in [1.807, 2.05) is 0 Å². The third-order valence-corrected chi connectivity index (χ3v) is 14.2. The number of hydrogen-bond donors (Lipinski definition) is 0. The first-order valence-electron chi connectivity index (χ1n) is 22.2. The van der Waals surface area contributed by atoms with Crippen molar-refractivity contribution in [2.24, 2.45) is 0 Å². The lowest BCUT2D eigenvalue weighted by Gasteiger charge is -2.28. The molecule has 0 aromatic heterocycles. The summed E-state index contributed by atoms with van der Waals surface area (Å²) >= 11 is 0. The highest BCUT2D eigenvalue weighted by Gasteiger charge is 2.37. The largest absolute Gasteiger partial charge is 0.461 e. The summed E-state index contributed by atoms with van der Waals surface area (Å²) in [6.45, 7) is 4.76. The number of nitrogens with zero attached hydrogens (tertiary/aromatic N) is 1. The van der Waals surface area contributed by atoms with Crippen LogP contribution >= 0.6 is 0 Å². The predicted molar refractivity (Wildman–Crippen MR) is 262 cm³/mol. The smallest absolute Gasteiger partial charge is 0.130 e. The fourth-order valence-electron chi connectivity index (χ4n) is 11.1. The highest BCUT2D eigenvalue weighted by molar-refractivity contribution is 6.18. The first-order valence-corrected chi connectivity index (χ1v) is 22.2. The molecule has 0 saturated heterocycles. The van der Waals surface area contributed by atoms with Crippen molar-refractivity contribution in [2.75, 3.05) is 4.90 Å². The van der Waals surface area contributed by atoms with Crippen molar-refractivity contribution in [2.45, 2.75) is 31.6 Å². The Balaban J connectivity index is 0.893. The number of ether oxygens (including phenoxy) is 1. The molecular formula is C61H43NO. The fraction of sp³-hybridized carbons (Fsp3) is 0.0820. The van der Waals surface area contributed by atoms with Crippen LogP contribution in [-0.4, -0.2) is 0 Å². The molecule has 1 heterocycles. The second kappa shape index (κ2) is 13.7. The van der Waals surface area contributed by atoms with Gasteiger partial charge >= 0.3 is 0 Å². The minimum Gasteiger partial charge on any atom is -0.461 e. The fourth-order valence-corrected chi connectivity index (χ4v) is 11.1. The van der Waals surface area contributed by atoms with Gasteiger partial charge in [-0.2, -0.15) is 0 Å². The van der Waals surface area contributed by atoms with Gasteiger partial charge in [-0.1, -0.05) is 166 Å². The maximum Gasteiger partial charge on any atom is 0.130 e. The molecule has 0 bridgehead atoms. The SMILES string of the molecule is CC1(C)c2cc(-c3ccccc3)ccc2-c2ccc(N(c3ccc(C4=CC=C5Oc6ccccc6C5C4)cc3)c3ccc(-c4ccc5c6c(cccc46)-c4ccccc4-5)cc3)cc21. The van der Waals surface area contributed by atoms with Crippen LogP contribution in [0, 0.1) is 0 Å². The van der Waals surface area contributed by atoms with Crippen LogP contribution in [-0.2, 0) is 5.41 Å². The Bertz CT molecular complexity index is 3380. The van der Waals surface area contributed by atoms with Crippen LogP contribution in [0.2, 0.25) is 0 Å². The molecule has 2 heteroatoms. The normalized spacial score (nSPS) is 15.7. The number of rotatable bonds is 6. The van der Waals surface area contributed by atoms with Crippen molar-refractivity contribution >= 4 is 33.4 Å². The van der Waals surface area contributed by atoms with E-state index in [1.165, 1.54) is 94.2 Å². The van der Waals surface area contributed by atoms with Crippen LogP contribution in [0.15, 0.2) is 212 Å². The van der Waals surface area contributed by atoms with E-state index in [2.05, 4.69) is 225 Å². The molecule has 9 aromatic carbocycles. The topological polar surface area (TPSA) is 12.5 Å². The zero-order valence-electron chi connectivity index (χ0n) is 35.3. The summed E-state index contributed by atoms with van der Waals surface area (Å²) < 4.78 is 6.23. The second-order valence-corrected chi connectivity index (χ2v) is 18.0. The number of anilines is 3. The maximum absolute atomic E-state index is 6.23. The van der Waals surface area contributed by atoms with Crippen molar-refractivity contribution in [1.29, 1.82) is 0 Å². The van der Waals surface area contributed by atoms with E-state index in [9.17, 15) is 0 Å². The van der Waals surface area contributed by atoms with Crippen LogP contribution in [0.25, 0.3) is 72.0 Å². The molecule has 0 N–H and O–H groups in total. The number of hydrogen-bond acceptors (Lipinski definition) is 2. The van der Waals surface area contributed by atoms with Crippen molar-refractivity contribution in [1.82, 2.24) is 0 Å². The molecule has 4 aliphatic rings. The van der Waals surface area contributed by atoms with E-state index in [4.69, 9.17) is 4.74 Å². The van der Waals surface area contributed by atoms with Gasteiger partial charge in [-0.25, -0.2) is 0 Å². The summed E-state index contributed by atoms with van der Waals surface area (Å²) in [7, 11) is 0. The first-order chi connectivity index (χ1) is 31.0. The molecule has 0 amide bonds. The lowest BCUT2D eigenvalue weighted by atomic mass is 9.81. The summed E-state index contributed by atoms with van der Waals surface area (Å²) in [5.41, 5.74) is 22.7. The third kappa shape index (κ3) is 5.51. The summed E-state index contributed by atoms with van der Waals surface area (Å²) in [5.74, 6) is 2.29. The summed E-state index contributed by atoms with van der Waals surface area (Å²) in [6, 6.07) is 71.9. The van der Waals surface area contributed by atoms with Gasteiger partial charge in [0.2, 0.25) is 0 Å². The van der Waals surface area contributed by atoms with E-state index in [0.29, 0.717) is 0 Å². The zero-order valence-corrected chi connectivity index (χ0v) is 35.3. The second-order valence-electron chi connectivity index (χ2n) is 18.0. The van der Waals surface area contributed by atoms with Crippen molar-refractivity contribution in [3.05, 3.63) is 234 Å². The molecule has 0 saturated carbocycles. The molecule has 0 radical (unpaired) electrons. The molecule has 0 spiro atoms. The molecule has 1 atom stereocenters. The molecule has 63 heavy (non-hydrogen) atoms. The van der Waals surface area contributed by atoms with Gasteiger partial charge in [0, 0.05) is 34.0 Å². The molecular weight excluding hydrogens is 763 g/mol. The van der Waals surface area contributed by atoms with Gasteiger partial charge < -0.3 is 9.64 Å². The standard InChI is InChI=1S/C61H43NO/c1-61(2)56-36-42(38-11-4-3-5-12-38)23-30-49(56)50-31-29-45(37-57(50)61)62(43-25-19-39(20-26-43)41-24-34-59-55(35-41)51-15-8-9-18-58(51)63-59)44-27-21-40(22-28-44)46-32-33-54-48-14-7-6-13-47(48)53-17-10-16-52(46)60(53)54/h3-34,36-37,55H,35H2,1-2H3. The Morgan fingerprint density at radius 1 is 0.444 bits per heavy atom. The van der Waals surface area contributed by atoms with Crippen LogP contribution in [0.3, 0.4) is 0 Å². The van der Waals surface area contributed by atoms with Crippen LogP contribution in [0.5, 0.6) is 5.75 Å². The zero-order chi connectivity index (χ0) is 41.8.